The Bertz CT molecular complexity index is 1110. The highest BCUT2D eigenvalue weighted by Crippen LogP contribution is 2.21. The van der Waals surface area contributed by atoms with Crippen LogP contribution in [-0.4, -0.2) is 44.4 Å². The van der Waals surface area contributed by atoms with Crippen molar-refractivity contribution in [2.75, 3.05) is 13.6 Å². The van der Waals surface area contributed by atoms with Crippen LogP contribution < -0.4 is 0 Å². The minimum absolute atomic E-state index is 0.00786. The normalized spacial score (nSPS) is 11.9. The maximum Gasteiger partial charge on any atom is 0.251 e. The lowest BCUT2D eigenvalue weighted by atomic mass is 10.1. The van der Waals surface area contributed by atoms with Crippen LogP contribution in [0, 0.1) is 5.82 Å². The van der Waals surface area contributed by atoms with E-state index < -0.39 is 6.04 Å². The Morgan fingerprint density at radius 1 is 1.13 bits per heavy atom. The Morgan fingerprint density at radius 2 is 1.90 bits per heavy atom. The van der Waals surface area contributed by atoms with E-state index >= 15 is 0 Å². The smallest absolute Gasteiger partial charge is 0.251 e. The minimum atomic E-state index is -0.488. The molecule has 7 heteroatoms. The van der Waals surface area contributed by atoms with Crippen molar-refractivity contribution in [2.45, 2.75) is 18.9 Å². The molecule has 0 spiro atoms. The van der Waals surface area contributed by atoms with E-state index in [1.165, 1.54) is 12.1 Å². The third-order valence-electron chi connectivity index (χ3n) is 5.23. The van der Waals surface area contributed by atoms with Gasteiger partial charge in [0, 0.05) is 37.2 Å². The molecule has 0 bridgehead atoms. The van der Waals surface area contributed by atoms with Crippen molar-refractivity contribution in [1.29, 1.82) is 0 Å². The van der Waals surface area contributed by atoms with Gasteiger partial charge in [0.05, 0.1) is 5.69 Å². The predicted molar refractivity (Wildman–Crippen MR) is 117 cm³/mol. The Morgan fingerprint density at radius 3 is 2.61 bits per heavy atom. The number of likely N-dealkylation sites (N-methyl/N-ethyl adjacent to an activating group) is 1. The standard InChI is InChI=1S/C24H24FN5O/c1-29(24(31)23(30-16-6-14-26-30)19-7-3-2-4-8-19)15-5-9-21-17-22(28-27-21)18-10-12-20(25)13-11-18/h2-4,6-8,10-14,16-17,23H,5,9,15H2,1H3,(H,27,28). The number of benzene rings is 2. The lowest BCUT2D eigenvalue weighted by Gasteiger charge is -2.24. The van der Waals surface area contributed by atoms with E-state index in [1.807, 2.05) is 55.7 Å². The topological polar surface area (TPSA) is 66.8 Å². The van der Waals surface area contributed by atoms with Crippen molar-refractivity contribution in [3.05, 3.63) is 96.2 Å². The second kappa shape index (κ2) is 9.38. The minimum Gasteiger partial charge on any atom is -0.344 e. The number of amides is 1. The molecule has 4 aromatic rings. The highest BCUT2D eigenvalue weighted by Gasteiger charge is 2.25. The monoisotopic (exact) mass is 417 g/mol. The molecule has 1 N–H and O–H groups in total. The summed E-state index contributed by atoms with van der Waals surface area (Å²) >= 11 is 0. The maximum absolute atomic E-state index is 13.2. The van der Waals surface area contributed by atoms with E-state index in [0.717, 1.165) is 35.4 Å². The summed E-state index contributed by atoms with van der Waals surface area (Å²) in [5.74, 6) is -0.275. The predicted octanol–water partition coefficient (Wildman–Crippen LogP) is 4.09. The van der Waals surface area contributed by atoms with Gasteiger partial charge in [-0.3, -0.25) is 14.6 Å². The van der Waals surface area contributed by atoms with Gasteiger partial charge in [-0.1, -0.05) is 30.3 Å². The summed E-state index contributed by atoms with van der Waals surface area (Å²) in [5.41, 5.74) is 3.52. The summed E-state index contributed by atoms with van der Waals surface area (Å²) in [6.07, 6.45) is 5.03. The number of H-pyrrole nitrogens is 1. The quantitative estimate of drug-likeness (QED) is 0.470. The van der Waals surface area contributed by atoms with Gasteiger partial charge in [0.25, 0.3) is 5.91 Å². The molecule has 0 aliphatic rings. The zero-order chi connectivity index (χ0) is 21.6. The summed E-state index contributed by atoms with van der Waals surface area (Å²) in [6, 6.07) is 19.2. The number of aromatic amines is 1. The Hall–Kier alpha value is -3.74. The highest BCUT2D eigenvalue weighted by atomic mass is 19.1. The fraction of sp³-hybridized carbons (Fsp3) is 0.208. The third kappa shape index (κ3) is 4.88. The number of hydrogen-bond acceptors (Lipinski definition) is 3. The first-order valence-corrected chi connectivity index (χ1v) is 10.2. The second-order valence-corrected chi connectivity index (χ2v) is 7.45. The highest BCUT2D eigenvalue weighted by molar-refractivity contribution is 5.83. The van der Waals surface area contributed by atoms with Crippen LogP contribution in [0.15, 0.2) is 79.1 Å². The fourth-order valence-corrected chi connectivity index (χ4v) is 3.56. The average Bonchev–Trinajstić information content (AvgIpc) is 3.48. The second-order valence-electron chi connectivity index (χ2n) is 7.45. The summed E-state index contributed by atoms with van der Waals surface area (Å²) < 4.78 is 14.8. The zero-order valence-electron chi connectivity index (χ0n) is 17.3. The molecule has 0 radical (unpaired) electrons. The van der Waals surface area contributed by atoms with Crippen LogP contribution in [-0.2, 0) is 11.2 Å². The van der Waals surface area contributed by atoms with Crippen LogP contribution in [0.4, 0.5) is 4.39 Å². The molecule has 0 saturated carbocycles. The Balaban J connectivity index is 1.37. The van der Waals surface area contributed by atoms with Gasteiger partial charge in [-0.25, -0.2) is 4.39 Å². The Kier molecular flexibility index (Phi) is 6.21. The molecule has 2 aromatic carbocycles. The third-order valence-corrected chi connectivity index (χ3v) is 5.23. The number of nitrogens with one attached hydrogen (secondary N) is 1. The van der Waals surface area contributed by atoms with E-state index in [1.54, 1.807) is 27.9 Å². The van der Waals surface area contributed by atoms with E-state index in [2.05, 4.69) is 15.3 Å². The molecular formula is C24H24FN5O. The zero-order valence-corrected chi connectivity index (χ0v) is 17.3. The summed E-state index contributed by atoms with van der Waals surface area (Å²) in [7, 11) is 1.82. The van der Waals surface area contributed by atoms with Gasteiger partial charge in [0.1, 0.15) is 5.82 Å². The molecule has 0 aliphatic carbocycles. The largest absolute Gasteiger partial charge is 0.344 e. The first kappa shape index (κ1) is 20.5. The van der Waals surface area contributed by atoms with Crippen LogP contribution in [0.5, 0.6) is 0 Å². The van der Waals surface area contributed by atoms with Gasteiger partial charge < -0.3 is 4.90 Å². The molecule has 0 saturated heterocycles. The van der Waals surface area contributed by atoms with Crippen molar-refractivity contribution in [1.82, 2.24) is 24.9 Å². The van der Waals surface area contributed by atoms with Crippen molar-refractivity contribution in [3.63, 3.8) is 0 Å². The molecule has 0 fully saturated rings. The molecular weight excluding hydrogens is 393 g/mol. The molecule has 1 amide bonds. The first-order chi connectivity index (χ1) is 15.1. The number of aromatic nitrogens is 4. The fourth-order valence-electron chi connectivity index (χ4n) is 3.56. The van der Waals surface area contributed by atoms with E-state index in [9.17, 15) is 9.18 Å². The van der Waals surface area contributed by atoms with Crippen molar-refractivity contribution >= 4 is 5.91 Å². The number of hydrogen-bond donors (Lipinski definition) is 1. The first-order valence-electron chi connectivity index (χ1n) is 10.2. The van der Waals surface area contributed by atoms with E-state index in [0.29, 0.717) is 6.54 Å². The maximum atomic E-state index is 13.2. The van der Waals surface area contributed by atoms with Crippen LogP contribution in [0.25, 0.3) is 11.3 Å². The molecule has 31 heavy (non-hydrogen) atoms. The number of carbonyl (C=O) groups excluding carboxylic acids is 1. The number of aryl methyl sites for hydroxylation is 1. The summed E-state index contributed by atoms with van der Waals surface area (Å²) in [4.78, 5) is 15.0. The number of rotatable bonds is 8. The number of nitrogens with zero attached hydrogens (tertiary/aromatic N) is 4. The number of halogens is 1. The lowest BCUT2D eigenvalue weighted by Crippen LogP contribution is -2.36. The summed E-state index contributed by atoms with van der Waals surface area (Å²) in [6.45, 7) is 0.605. The molecule has 1 atom stereocenters. The van der Waals surface area contributed by atoms with Crippen LogP contribution >= 0.6 is 0 Å². The number of carbonyl (C=O) groups is 1. The average molecular weight is 417 g/mol. The SMILES string of the molecule is CN(CCCc1cc(-c2ccc(F)cc2)n[nH]1)C(=O)C(c1ccccc1)n1cccn1. The van der Waals surface area contributed by atoms with Gasteiger partial charge in [0.2, 0.25) is 0 Å². The lowest BCUT2D eigenvalue weighted by molar-refractivity contribution is -0.132. The molecule has 2 heterocycles. The molecule has 6 nitrogen and oxygen atoms in total. The van der Waals surface area contributed by atoms with Gasteiger partial charge in [-0.2, -0.15) is 10.2 Å². The molecule has 1 unspecified atom stereocenters. The molecule has 158 valence electrons. The van der Waals surface area contributed by atoms with Crippen LogP contribution in [0.1, 0.15) is 23.7 Å². The van der Waals surface area contributed by atoms with Gasteiger partial charge in [0.15, 0.2) is 6.04 Å². The van der Waals surface area contributed by atoms with E-state index in [4.69, 9.17) is 0 Å². The Labute approximate surface area is 180 Å². The van der Waals surface area contributed by atoms with Crippen molar-refractivity contribution < 1.29 is 9.18 Å². The van der Waals surface area contributed by atoms with Gasteiger partial charge in [-0.15, -0.1) is 0 Å². The molecule has 2 aromatic heterocycles. The molecule has 4 rings (SSSR count). The van der Waals surface area contributed by atoms with Crippen molar-refractivity contribution in [3.8, 4) is 11.3 Å². The van der Waals surface area contributed by atoms with Crippen molar-refractivity contribution in [2.24, 2.45) is 0 Å². The van der Waals surface area contributed by atoms with Crippen LogP contribution in [0.2, 0.25) is 0 Å². The summed E-state index contributed by atoms with van der Waals surface area (Å²) in [5, 5.41) is 11.6. The van der Waals surface area contributed by atoms with Crippen LogP contribution in [0.3, 0.4) is 0 Å². The van der Waals surface area contributed by atoms with Gasteiger partial charge in [-0.05, 0) is 54.8 Å². The van der Waals surface area contributed by atoms with E-state index in [-0.39, 0.29) is 11.7 Å². The molecule has 0 aliphatic heterocycles. The van der Waals surface area contributed by atoms with Gasteiger partial charge >= 0.3 is 0 Å².